The highest BCUT2D eigenvalue weighted by molar-refractivity contribution is 5.92. The van der Waals surface area contributed by atoms with Crippen LogP contribution in [-0.2, 0) is 25.6 Å². The van der Waals surface area contributed by atoms with Crippen molar-refractivity contribution < 1.29 is 24.3 Å². The summed E-state index contributed by atoms with van der Waals surface area (Å²) in [6.45, 7) is 5.87. The number of nitrogens with zero attached hydrogens (tertiary/aromatic N) is 1. The van der Waals surface area contributed by atoms with E-state index in [4.69, 9.17) is 11.5 Å². The Morgan fingerprint density at radius 1 is 1.18 bits per heavy atom. The Labute approximate surface area is 206 Å². The Kier molecular flexibility index (Phi) is 10.9. The van der Waals surface area contributed by atoms with E-state index in [1.165, 1.54) is 4.90 Å². The highest BCUT2D eigenvalue weighted by Crippen LogP contribution is 2.21. The topological polar surface area (TPSA) is 168 Å². The lowest BCUT2D eigenvalue weighted by Gasteiger charge is -2.32. The summed E-state index contributed by atoms with van der Waals surface area (Å²) in [6, 6.07) is 6.10. The van der Waals surface area contributed by atoms with Gasteiger partial charge < -0.3 is 32.1 Å². The van der Waals surface area contributed by atoms with E-state index >= 15 is 0 Å². The van der Waals surface area contributed by atoms with E-state index in [2.05, 4.69) is 10.6 Å². The molecule has 2 rings (SSSR count). The average Bonchev–Trinajstić information content (AvgIpc) is 3.21. The van der Waals surface area contributed by atoms with Gasteiger partial charge in [-0.2, -0.15) is 0 Å². The molecule has 1 heterocycles. The summed E-state index contributed by atoms with van der Waals surface area (Å²) in [5, 5.41) is 16.4. The molecule has 10 nitrogen and oxygen atoms in total. The summed E-state index contributed by atoms with van der Waals surface area (Å²) in [4.78, 5) is 50.9. The molecule has 0 spiro atoms. The molecule has 0 aliphatic carbocycles. The third-order valence-corrected chi connectivity index (χ3v) is 5.35. The van der Waals surface area contributed by atoms with Crippen molar-refractivity contribution in [2.75, 3.05) is 6.54 Å². The molecule has 0 aromatic heterocycles. The van der Waals surface area contributed by atoms with Gasteiger partial charge in [0.2, 0.25) is 17.7 Å². The molecule has 34 heavy (non-hydrogen) atoms. The van der Waals surface area contributed by atoms with Crippen LogP contribution in [0.4, 0.5) is 0 Å². The second-order valence-corrected chi connectivity index (χ2v) is 9.46. The number of carbonyl (C=O) groups is 4. The maximum Gasteiger partial charge on any atom is 0.254 e. The number of primary amides is 1. The standard InChI is InChI=1S/C23H35N5O5.ClH/c1-23(2,3)27-21(32)17-10-7-11-28(17)22(33)19(30)16(12-14-8-5-4-6-9-14)26-20(31)15(24)13-18(25)29;/h4-6,8-9,15-17,19,30H,7,10-13,24H2,1-3H3,(H2,25,29)(H,26,31)(H,27,32);1H/t15-,16?,17-,19?;/m0./s1. The first kappa shape index (κ1) is 29.3. The molecule has 0 bridgehead atoms. The Balaban J connectivity index is 0.00000578. The number of rotatable bonds is 9. The number of hydrogen-bond acceptors (Lipinski definition) is 6. The molecule has 0 saturated carbocycles. The van der Waals surface area contributed by atoms with Crippen molar-refractivity contribution in [1.29, 1.82) is 0 Å². The number of benzene rings is 1. The van der Waals surface area contributed by atoms with Crippen molar-refractivity contribution in [3.8, 4) is 0 Å². The molecule has 0 radical (unpaired) electrons. The zero-order valence-corrected chi connectivity index (χ0v) is 20.6. The third-order valence-electron chi connectivity index (χ3n) is 5.35. The molecule has 1 fully saturated rings. The van der Waals surface area contributed by atoms with Gasteiger partial charge in [0.05, 0.1) is 18.5 Å². The molecule has 1 aromatic carbocycles. The van der Waals surface area contributed by atoms with Gasteiger partial charge in [-0.3, -0.25) is 19.2 Å². The Hall–Kier alpha value is -2.69. The van der Waals surface area contributed by atoms with Gasteiger partial charge in [0.1, 0.15) is 6.04 Å². The minimum absolute atomic E-state index is 0. The predicted octanol–water partition coefficient (Wildman–Crippen LogP) is -0.395. The van der Waals surface area contributed by atoms with Crippen LogP contribution in [0.15, 0.2) is 30.3 Å². The monoisotopic (exact) mass is 497 g/mol. The Bertz CT molecular complexity index is 861. The number of amides is 4. The van der Waals surface area contributed by atoms with Crippen LogP contribution in [0.3, 0.4) is 0 Å². The number of nitrogens with two attached hydrogens (primary N) is 2. The Morgan fingerprint density at radius 2 is 1.79 bits per heavy atom. The SMILES string of the molecule is CC(C)(C)NC(=O)[C@@H]1CCCN1C(=O)C(O)C(Cc1ccccc1)NC(=O)[C@@H](N)CC(N)=O.Cl. The van der Waals surface area contributed by atoms with E-state index in [1.54, 1.807) is 24.3 Å². The van der Waals surface area contributed by atoms with E-state index < -0.39 is 47.5 Å². The molecular formula is C23H36ClN5O5. The zero-order chi connectivity index (χ0) is 24.8. The quantitative estimate of drug-likeness (QED) is 0.311. The van der Waals surface area contributed by atoms with Crippen LogP contribution in [-0.4, -0.2) is 69.9 Å². The van der Waals surface area contributed by atoms with Gasteiger partial charge in [0.15, 0.2) is 6.10 Å². The first-order valence-corrected chi connectivity index (χ1v) is 11.1. The van der Waals surface area contributed by atoms with Gasteiger partial charge in [0, 0.05) is 12.1 Å². The molecular weight excluding hydrogens is 462 g/mol. The van der Waals surface area contributed by atoms with Crippen LogP contribution in [0.2, 0.25) is 0 Å². The van der Waals surface area contributed by atoms with Gasteiger partial charge in [-0.25, -0.2) is 0 Å². The van der Waals surface area contributed by atoms with Crippen molar-refractivity contribution in [3.05, 3.63) is 35.9 Å². The van der Waals surface area contributed by atoms with Gasteiger partial charge in [0.25, 0.3) is 5.91 Å². The highest BCUT2D eigenvalue weighted by Gasteiger charge is 2.40. The molecule has 1 saturated heterocycles. The van der Waals surface area contributed by atoms with Gasteiger partial charge in [-0.15, -0.1) is 12.4 Å². The van der Waals surface area contributed by atoms with Crippen molar-refractivity contribution in [2.45, 2.75) is 76.2 Å². The van der Waals surface area contributed by atoms with E-state index in [9.17, 15) is 24.3 Å². The number of aliphatic hydroxyl groups is 1. The number of halogens is 1. The first-order valence-electron chi connectivity index (χ1n) is 11.1. The summed E-state index contributed by atoms with van der Waals surface area (Å²) < 4.78 is 0. The summed E-state index contributed by atoms with van der Waals surface area (Å²) >= 11 is 0. The first-order chi connectivity index (χ1) is 15.4. The normalized spacial score (nSPS) is 18.3. The van der Waals surface area contributed by atoms with Crippen LogP contribution in [0.5, 0.6) is 0 Å². The lowest BCUT2D eigenvalue weighted by atomic mass is 9.99. The highest BCUT2D eigenvalue weighted by atomic mass is 35.5. The lowest BCUT2D eigenvalue weighted by Crippen LogP contribution is -2.58. The fraction of sp³-hybridized carbons (Fsp3) is 0.565. The van der Waals surface area contributed by atoms with E-state index in [1.807, 2.05) is 26.8 Å². The average molecular weight is 498 g/mol. The zero-order valence-electron chi connectivity index (χ0n) is 19.8. The molecule has 2 unspecified atom stereocenters. The second kappa shape index (κ2) is 12.7. The van der Waals surface area contributed by atoms with Crippen molar-refractivity contribution in [3.63, 3.8) is 0 Å². The lowest BCUT2D eigenvalue weighted by molar-refractivity contribution is -0.147. The van der Waals surface area contributed by atoms with Gasteiger partial charge >= 0.3 is 0 Å². The maximum atomic E-state index is 13.2. The van der Waals surface area contributed by atoms with Crippen LogP contribution >= 0.6 is 12.4 Å². The van der Waals surface area contributed by atoms with E-state index in [-0.39, 0.29) is 31.2 Å². The fourth-order valence-corrected chi connectivity index (χ4v) is 3.81. The maximum absolute atomic E-state index is 13.2. The van der Waals surface area contributed by atoms with Crippen LogP contribution < -0.4 is 22.1 Å². The number of aliphatic hydroxyl groups excluding tert-OH is 1. The number of carbonyl (C=O) groups excluding carboxylic acids is 4. The van der Waals surface area contributed by atoms with Gasteiger partial charge in [-0.1, -0.05) is 30.3 Å². The van der Waals surface area contributed by atoms with E-state index in [0.29, 0.717) is 19.4 Å². The van der Waals surface area contributed by atoms with Crippen molar-refractivity contribution >= 4 is 36.0 Å². The largest absolute Gasteiger partial charge is 0.381 e. The van der Waals surface area contributed by atoms with E-state index in [0.717, 1.165) is 5.56 Å². The number of hydrogen-bond donors (Lipinski definition) is 5. The smallest absolute Gasteiger partial charge is 0.254 e. The molecule has 4 amide bonds. The molecule has 4 atom stereocenters. The molecule has 1 aromatic rings. The van der Waals surface area contributed by atoms with Crippen molar-refractivity contribution in [1.82, 2.24) is 15.5 Å². The number of nitrogens with one attached hydrogen (secondary N) is 2. The third kappa shape index (κ3) is 8.58. The van der Waals surface area contributed by atoms with Crippen LogP contribution in [0.1, 0.15) is 45.6 Å². The minimum Gasteiger partial charge on any atom is -0.381 e. The second-order valence-electron chi connectivity index (χ2n) is 9.46. The van der Waals surface area contributed by atoms with Crippen LogP contribution in [0.25, 0.3) is 0 Å². The molecule has 1 aliphatic rings. The summed E-state index contributed by atoms with van der Waals surface area (Å²) in [7, 11) is 0. The Morgan fingerprint density at radius 3 is 2.35 bits per heavy atom. The molecule has 1 aliphatic heterocycles. The summed E-state index contributed by atoms with van der Waals surface area (Å²) in [5.41, 5.74) is 11.2. The molecule has 190 valence electrons. The summed E-state index contributed by atoms with van der Waals surface area (Å²) in [5.74, 6) is -2.37. The minimum atomic E-state index is -1.61. The predicted molar refractivity (Wildman–Crippen MR) is 130 cm³/mol. The van der Waals surface area contributed by atoms with Crippen LogP contribution in [0, 0.1) is 0 Å². The molecule has 11 heteroatoms. The van der Waals surface area contributed by atoms with Crippen molar-refractivity contribution in [2.24, 2.45) is 11.5 Å². The number of likely N-dealkylation sites (tertiary alicyclic amines) is 1. The fourth-order valence-electron chi connectivity index (χ4n) is 3.81. The molecule has 7 N–H and O–H groups in total. The van der Waals surface area contributed by atoms with Gasteiger partial charge in [-0.05, 0) is 45.6 Å². The summed E-state index contributed by atoms with van der Waals surface area (Å²) in [6.07, 6.45) is -0.720.